The van der Waals surface area contributed by atoms with Crippen LogP contribution in [0.15, 0.2) is 30.3 Å². The highest BCUT2D eigenvalue weighted by Gasteiger charge is 2.39. The van der Waals surface area contributed by atoms with Gasteiger partial charge in [-0.25, -0.2) is 0 Å². The molecule has 1 aliphatic rings. The van der Waals surface area contributed by atoms with Crippen LogP contribution in [0.2, 0.25) is 0 Å². The molecule has 3 N–H and O–H groups in total. The van der Waals surface area contributed by atoms with E-state index >= 15 is 0 Å². The number of nitrogens with zero attached hydrogens (tertiary/aromatic N) is 1. The van der Waals surface area contributed by atoms with Crippen LogP contribution in [-0.2, 0) is 11.3 Å². The van der Waals surface area contributed by atoms with Gasteiger partial charge < -0.3 is 10.6 Å². The minimum atomic E-state index is -0.581. The topological polar surface area (TPSA) is 58.4 Å². The molecule has 1 aromatic rings. The van der Waals surface area contributed by atoms with E-state index in [1.165, 1.54) is 5.56 Å². The summed E-state index contributed by atoms with van der Waals surface area (Å²) in [4.78, 5) is 13.9. The Morgan fingerprint density at radius 1 is 1.44 bits per heavy atom. The molecule has 1 heterocycles. The molecule has 18 heavy (non-hydrogen) atoms. The lowest BCUT2D eigenvalue weighted by atomic mass is 9.88. The molecule has 1 fully saturated rings. The first-order chi connectivity index (χ1) is 8.62. The number of hydrogen-bond donors (Lipinski definition) is 2. The second-order valence-corrected chi connectivity index (χ2v) is 5.13. The maximum Gasteiger partial charge on any atom is 0.239 e. The van der Waals surface area contributed by atoms with E-state index in [0.717, 1.165) is 19.4 Å². The number of amides is 1. The average Bonchev–Trinajstić information content (AvgIpc) is 2.37. The first-order valence-electron chi connectivity index (χ1n) is 6.40. The van der Waals surface area contributed by atoms with Crippen LogP contribution in [0, 0.1) is 0 Å². The summed E-state index contributed by atoms with van der Waals surface area (Å²) < 4.78 is 0. The minimum Gasteiger partial charge on any atom is -0.368 e. The number of likely N-dealkylation sites (tertiary alicyclic amines) is 1. The van der Waals surface area contributed by atoms with E-state index in [1.807, 2.05) is 37.4 Å². The quantitative estimate of drug-likeness (QED) is 0.824. The van der Waals surface area contributed by atoms with Gasteiger partial charge in [0.25, 0.3) is 0 Å². The molecule has 1 saturated heterocycles. The molecule has 1 atom stereocenters. The number of nitrogens with one attached hydrogen (secondary N) is 1. The van der Waals surface area contributed by atoms with Gasteiger partial charge in [0.05, 0.1) is 0 Å². The summed E-state index contributed by atoms with van der Waals surface area (Å²) in [6, 6.07) is 10.1. The smallest absolute Gasteiger partial charge is 0.239 e. The molecule has 1 aliphatic heterocycles. The number of primary amides is 1. The van der Waals surface area contributed by atoms with Crippen LogP contribution in [0.4, 0.5) is 0 Å². The van der Waals surface area contributed by atoms with Crippen LogP contribution in [0.3, 0.4) is 0 Å². The maximum absolute atomic E-state index is 11.8. The first-order valence-corrected chi connectivity index (χ1v) is 6.40. The third kappa shape index (κ3) is 2.89. The van der Waals surface area contributed by atoms with Crippen molar-refractivity contribution in [2.75, 3.05) is 20.1 Å². The van der Waals surface area contributed by atoms with E-state index in [9.17, 15) is 4.79 Å². The average molecular weight is 247 g/mol. The van der Waals surface area contributed by atoms with Crippen molar-refractivity contribution in [1.82, 2.24) is 10.2 Å². The van der Waals surface area contributed by atoms with Crippen LogP contribution in [0.5, 0.6) is 0 Å². The van der Waals surface area contributed by atoms with E-state index in [2.05, 4.69) is 10.2 Å². The van der Waals surface area contributed by atoms with E-state index in [0.29, 0.717) is 13.1 Å². The normalized spacial score (nSPS) is 24.9. The van der Waals surface area contributed by atoms with Gasteiger partial charge >= 0.3 is 0 Å². The molecule has 0 bridgehead atoms. The van der Waals surface area contributed by atoms with Gasteiger partial charge in [0, 0.05) is 13.1 Å². The number of benzene rings is 1. The molecule has 4 heteroatoms. The van der Waals surface area contributed by atoms with Gasteiger partial charge in [0.2, 0.25) is 5.91 Å². The number of piperidine rings is 1. The summed E-state index contributed by atoms with van der Waals surface area (Å²) >= 11 is 0. The predicted molar refractivity (Wildman–Crippen MR) is 71.9 cm³/mol. The summed E-state index contributed by atoms with van der Waals surface area (Å²) in [7, 11) is 2.03. The molecule has 0 radical (unpaired) electrons. The van der Waals surface area contributed by atoms with Crippen molar-refractivity contribution < 1.29 is 4.79 Å². The number of hydrogen-bond acceptors (Lipinski definition) is 3. The van der Waals surface area contributed by atoms with Crippen molar-refractivity contribution in [2.24, 2.45) is 5.73 Å². The summed E-state index contributed by atoms with van der Waals surface area (Å²) in [5, 5.41) is 3.37. The van der Waals surface area contributed by atoms with Crippen LogP contribution >= 0.6 is 0 Å². The zero-order valence-corrected chi connectivity index (χ0v) is 10.9. The highest BCUT2D eigenvalue weighted by molar-refractivity contribution is 5.85. The summed E-state index contributed by atoms with van der Waals surface area (Å²) in [6.45, 7) is 2.40. The fraction of sp³-hybridized carbons (Fsp3) is 0.500. The van der Waals surface area contributed by atoms with Gasteiger partial charge in [-0.1, -0.05) is 30.3 Å². The van der Waals surface area contributed by atoms with Crippen molar-refractivity contribution in [3.05, 3.63) is 35.9 Å². The standard InChI is InChI=1S/C14H21N3O/c1-17-9-5-8-14(11-17,13(15)18)16-10-12-6-3-2-4-7-12/h2-4,6-7,16H,5,8-11H2,1H3,(H2,15,18). The lowest BCUT2D eigenvalue weighted by Crippen LogP contribution is -2.63. The number of carbonyl (C=O) groups excluding carboxylic acids is 1. The minimum absolute atomic E-state index is 0.245. The molecule has 98 valence electrons. The summed E-state index contributed by atoms with van der Waals surface area (Å²) in [5.74, 6) is -0.245. The van der Waals surface area contributed by atoms with E-state index in [1.54, 1.807) is 0 Å². The Kier molecular flexibility index (Phi) is 3.99. The Labute approximate surface area is 108 Å². The maximum atomic E-state index is 11.8. The van der Waals surface area contributed by atoms with Crippen molar-refractivity contribution in [3.63, 3.8) is 0 Å². The SMILES string of the molecule is CN1CCCC(NCc2ccccc2)(C(N)=O)C1. The molecule has 1 unspecified atom stereocenters. The highest BCUT2D eigenvalue weighted by Crippen LogP contribution is 2.20. The molecule has 0 spiro atoms. The molecular formula is C14H21N3O. The van der Waals surface area contributed by atoms with Gasteiger partial charge in [-0.2, -0.15) is 0 Å². The van der Waals surface area contributed by atoms with Crippen molar-refractivity contribution >= 4 is 5.91 Å². The lowest BCUT2D eigenvalue weighted by Gasteiger charge is -2.39. The second kappa shape index (κ2) is 5.50. The predicted octanol–water partition coefficient (Wildman–Crippen LogP) is 0.726. The van der Waals surface area contributed by atoms with Crippen LogP contribution in [-0.4, -0.2) is 36.5 Å². The van der Waals surface area contributed by atoms with Crippen LogP contribution < -0.4 is 11.1 Å². The van der Waals surface area contributed by atoms with Crippen LogP contribution in [0.1, 0.15) is 18.4 Å². The van der Waals surface area contributed by atoms with Crippen molar-refractivity contribution in [1.29, 1.82) is 0 Å². The molecule has 0 aromatic heterocycles. The zero-order valence-electron chi connectivity index (χ0n) is 10.9. The molecule has 0 aliphatic carbocycles. The monoisotopic (exact) mass is 247 g/mol. The third-order valence-electron chi connectivity index (χ3n) is 3.63. The van der Waals surface area contributed by atoms with Gasteiger partial charge in [-0.3, -0.25) is 10.1 Å². The van der Waals surface area contributed by atoms with Crippen molar-refractivity contribution in [2.45, 2.75) is 24.9 Å². The van der Waals surface area contributed by atoms with E-state index in [4.69, 9.17) is 5.73 Å². The Bertz CT molecular complexity index is 407. The van der Waals surface area contributed by atoms with Gasteiger partial charge in [-0.05, 0) is 32.0 Å². The zero-order chi connectivity index (χ0) is 13.0. The third-order valence-corrected chi connectivity index (χ3v) is 3.63. The van der Waals surface area contributed by atoms with Gasteiger partial charge in [0.1, 0.15) is 5.54 Å². The lowest BCUT2D eigenvalue weighted by molar-refractivity contribution is -0.126. The largest absolute Gasteiger partial charge is 0.368 e. The first kappa shape index (κ1) is 13.1. The number of likely N-dealkylation sites (N-methyl/N-ethyl adjacent to an activating group) is 1. The Hall–Kier alpha value is -1.39. The Morgan fingerprint density at radius 3 is 2.78 bits per heavy atom. The molecule has 1 aromatic carbocycles. The number of rotatable bonds is 4. The molecular weight excluding hydrogens is 226 g/mol. The molecule has 4 nitrogen and oxygen atoms in total. The fourth-order valence-electron chi connectivity index (χ4n) is 2.57. The fourth-order valence-corrected chi connectivity index (χ4v) is 2.57. The van der Waals surface area contributed by atoms with Gasteiger partial charge in [0.15, 0.2) is 0 Å². The second-order valence-electron chi connectivity index (χ2n) is 5.13. The van der Waals surface area contributed by atoms with Crippen LogP contribution in [0.25, 0.3) is 0 Å². The molecule has 0 saturated carbocycles. The summed E-state index contributed by atoms with van der Waals surface area (Å²) in [5.41, 5.74) is 6.19. The molecule has 1 amide bonds. The molecule has 2 rings (SSSR count). The number of nitrogens with two attached hydrogens (primary N) is 1. The number of carbonyl (C=O) groups is 1. The van der Waals surface area contributed by atoms with E-state index in [-0.39, 0.29) is 5.91 Å². The van der Waals surface area contributed by atoms with E-state index < -0.39 is 5.54 Å². The summed E-state index contributed by atoms with van der Waals surface area (Å²) in [6.07, 6.45) is 1.82. The van der Waals surface area contributed by atoms with Gasteiger partial charge in [-0.15, -0.1) is 0 Å². The Balaban J connectivity index is 2.05. The highest BCUT2D eigenvalue weighted by atomic mass is 16.1. The Morgan fingerprint density at radius 2 is 2.17 bits per heavy atom. The van der Waals surface area contributed by atoms with Crippen molar-refractivity contribution in [3.8, 4) is 0 Å².